The van der Waals surface area contributed by atoms with Crippen LogP contribution >= 0.6 is 24.0 Å². The average molecular weight is 281 g/mol. The van der Waals surface area contributed by atoms with Crippen molar-refractivity contribution in [1.29, 1.82) is 0 Å². The van der Waals surface area contributed by atoms with Crippen LogP contribution in [-0.4, -0.2) is 39.0 Å². The molecule has 98 valence electrons. The van der Waals surface area contributed by atoms with Gasteiger partial charge in [-0.15, -0.1) is 0 Å². The second-order valence-corrected chi connectivity index (χ2v) is 6.33. The Kier molecular flexibility index (Phi) is 4.59. The zero-order valence-electron chi connectivity index (χ0n) is 10.6. The monoisotopic (exact) mass is 281 g/mol. The molecule has 0 bridgehead atoms. The Balaban J connectivity index is 1.93. The Labute approximate surface area is 118 Å². The number of thiocarbonyl (C=S) groups is 1. The number of likely N-dealkylation sites (tertiary alicyclic amines) is 1. The van der Waals surface area contributed by atoms with Crippen molar-refractivity contribution in [3.05, 3.63) is 30.1 Å². The highest BCUT2D eigenvalue weighted by Gasteiger charge is 2.36. The molecule has 0 spiro atoms. The van der Waals surface area contributed by atoms with Crippen molar-refractivity contribution in [3.63, 3.8) is 0 Å². The highest BCUT2D eigenvalue weighted by molar-refractivity contribution is 8.02. The largest absolute Gasteiger partial charge is 0.392 e. The van der Waals surface area contributed by atoms with Gasteiger partial charge in [-0.05, 0) is 30.7 Å². The summed E-state index contributed by atoms with van der Waals surface area (Å²) < 4.78 is 0.0147. The first kappa shape index (κ1) is 13.8. The molecule has 18 heavy (non-hydrogen) atoms. The first-order valence-electron chi connectivity index (χ1n) is 6.12. The Morgan fingerprint density at radius 1 is 1.56 bits per heavy atom. The smallest absolute Gasteiger partial charge is 0.0891 e. The van der Waals surface area contributed by atoms with Crippen LogP contribution in [0.15, 0.2) is 24.5 Å². The van der Waals surface area contributed by atoms with Crippen LogP contribution in [0, 0.1) is 0 Å². The van der Waals surface area contributed by atoms with Crippen LogP contribution in [0.3, 0.4) is 0 Å². The second-order valence-electron chi connectivity index (χ2n) is 4.70. The molecule has 1 aromatic rings. The van der Waals surface area contributed by atoms with Crippen LogP contribution in [0.1, 0.15) is 18.4 Å². The van der Waals surface area contributed by atoms with E-state index in [1.165, 1.54) is 5.56 Å². The molecule has 0 unspecified atom stereocenters. The summed E-state index contributed by atoms with van der Waals surface area (Å²) >= 11 is 7.03. The maximum Gasteiger partial charge on any atom is 0.0891 e. The summed E-state index contributed by atoms with van der Waals surface area (Å²) in [5, 5.41) is 0. The maximum atomic E-state index is 5.89. The molecule has 1 aliphatic heterocycles. The second kappa shape index (κ2) is 5.99. The van der Waals surface area contributed by atoms with Gasteiger partial charge in [0.25, 0.3) is 0 Å². The van der Waals surface area contributed by atoms with E-state index in [0.29, 0.717) is 4.99 Å². The number of nitrogens with zero attached hydrogens (tertiary/aromatic N) is 2. The number of rotatable bonds is 4. The van der Waals surface area contributed by atoms with Gasteiger partial charge in [0.1, 0.15) is 0 Å². The van der Waals surface area contributed by atoms with E-state index in [4.69, 9.17) is 18.0 Å². The fourth-order valence-corrected chi connectivity index (χ4v) is 3.62. The minimum Gasteiger partial charge on any atom is -0.392 e. The van der Waals surface area contributed by atoms with Crippen molar-refractivity contribution >= 4 is 29.0 Å². The Morgan fingerprint density at radius 3 is 2.78 bits per heavy atom. The molecule has 2 N–H and O–H groups in total. The fraction of sp³-hybridized carbons (Fsp3) is 0.538. The molecule has 1 fully saturated rings. The summed E-state index contributed by atoms with van der Waals surface area (Å²) in [5.74, 6) is 0. The predicted octanol–water partition coefficient (Wildman–Crippen LogP) is 2.07. The zero-order chi connectivity index (χ0) is 13.0. The van der Waals surface area contributed by atoms with E-state index in [1.54, 1.807) is 11.8 Å². The summed E-state index contributed by atoms with van der Waals surface area (Å²) in [7, 11) is 0. The third kappa shape index (κ3) is 3.02. The van der Waals surface area contributed by atoms with Crippen LogP contribution < -0.4 is 5.73 Å². The number of pyridine rings is 1. The summed E-state index contributed by atoms with van der Waals surface area (Å²) in [4.78, 5) is 7.26. The number of aromatic nitrogens is 1. The molecule has 1 aliphatic rings. The molecule has 0 aromatic carbocycles. The van der Waals surface area contributed by atoms with Crippen LogP contribution in [-0.2, 0) is 6.54 Å². The molecule has 1 aromatic heterocycles. The number of thioether (sulfide) groups is 1. The van der Waals surface area contributed by atoms with E-state index in [1.807, 2.05) is 18.5 Å². The van der Waals surface area contributed by atoms with Gasteiger partial charge in [-0.25, -0.2) is 0 Å². The van der Waals surface area contributed by atoms with Crippen molar-refractivity contribution in [1.82, 2.24) is 9.88 Å². The molecular weight excluding hydrogens is 262 g/mol. The van der Waals surface area contributed by atoms with Crippen molar-refractivity contribution < 1.29 is 0 Å². The number of nitrogens with two attached hydrogens (primary N) is 1. The molecule has 0 saturated carbocycles. The van der Waals surface area contributed by atoms with Crippen LogP contribution in [0.4, 0.5) is 0 Å². The van der Waals surface area contributed by atoms with Crippen molar-refractivity contribution in [2.24, 2.45) is 5.73 Å². The normalized spacial score (nSPS) is 19.6. The van der Waals surface area contributed by atoms with E-state index in [9.17, 15) is 0 Å². The highest BCUT2D eigenvalue weighted by atomic mass is 32.2. The third-order valence-corrected chi connectivity index (χ3v) is 5.56. The van der Waals surface area contributed by atoms with E-state index < -0.39 is 0 Å². The highest BCUT2D eigenvalue weighted by Crippen LogP contribution is 2.35. The van der Waals surface area contributed by atoms with E-state index in [2.05, 4.69) is 22.2 Å². The van der Waals surface area contributed by atoms with Crippen LogP contribution in [0.2, 0.25) is 0 Å². The van der Waals surface area contributed by atoms with Crippen molar-refractivity contribution in [2.45, 2.75) is 24.1 Å². The SMILES string of the molecule is CSC1(C(N)=S)CCN(Cc2cccnc2)CC1. The predicted molar refractivity (Wildman–Crippen MR) is 81.8 cm³/mol. The molecule has 0 atom stereocenters. The molecule has 0 amide bonds. The van der Waals surface area contributed by atoms with Crippen molar-refractivity contribution in [3.8, 4) is 0 Å². The molecule has 3 nitrogen and oxygen atoms in total. The number of hydrogen-bond acceptors (Lipinski definition) is 4. The van der Waals surface area contributed by atoms with Crippen molar-refractivity contribution in [2.75, 3.05) is 19.3 Å². The van der Waals surface area contributed by atoms with Gasteiger partial charge in [0.05, 0.1) is 9.74 Å². The van der Waals surface area contributed by atoms with Crippen LogP contribution in [0.25, 0.3) is 0 Å². The first-order chi connectivity index (χ1) is 8.66. The lowest BCUT2D eigenvalue weighted by Gasteiger charge is -2.40. The van der Waals surface area contributed by atoms with Gasteiger partial charge in [0.2, 0.25) is 0 Å². The lowest BCUT2D eigenvalue weighted by molar-refractivity contribution is 0.212. The summed E-state index contributed by atoms with van der Waals surface area (Å²) in [6, 6.07) is 4.11. The average Bonchev–Trinajstić information content (AvgIpc) is 2.41. The quantitative estimate of drug-likeness (QED) is 0.856. The van der Waals surface area contributed by atoms with Gasteiger partial charge in [-0.3, -0.25) is 9.88 Å². The number of hydrogen-bond donors (Lipinski definition) is 1. The maximum absolute atomic E-state index is 5.89. The first-order valence-corrected chi connectivity index (χ1v) is 7.76. The van der Waals surface area contributed by atoms with Gasteiger partial charge in [0, 0.05) is 32.0 Å². The topological polar surface area (TPSA) is 42.1 Å². The fourth-order valence-electron chi connectivity index (χ4n) is 2.37. The van der Waals surface area contributed by atoms with E-state index in [-0.39, 0.29) is 4.75 Å². The standard InChI is InChI=1S/C13H19N3S2/c1-18-13(12(14)17)4-7-16(8-5-13)10-11-3-2-6-15-9-11/h2-3,6,9H,4-5,7-8,10H2,1H3,(H2,14,17). The lowest BCUT2D eigenvalue weighted by Crippen LogP contribution is -2.48. The summed E-state index contributed by atoms with van der Waals surface area (Å²) in [6.45, 7) is 3.07. The molecule has 2 heterocycles. The summed E-state index contributed by atoms with van der Waals surface area (Å²) in [6.07, 6.45) is 7.94. The van der Waals surface area contributed by atoms with Gasteiger partial charge in [-0.1, -0.05) is 18.3 Å². The van der Waals surface area contributed by atoms with E-state index >= 15 is 0 Å². The molecular formula is C13H19N3S2. The Morgan fingerprint density at radius 2 is 2.28 bits per heavy atom. The van der Waals surface area contributed by atoms with Gasteiger partial charge < -0.3 is 5.73 Å². The van der Waals surface area contributed by atoms with Crippen LogP contribution in [0.5, 0.6) is 0 Å². The molecule has 5 heteroatoms. The minimum absolute atomic E-state index is 0.0147. The lowest BCUT2D eigenvalue weighted by atomic mass is 9.95. The molecule has 1 saturated heterocycles. The molecule has 0 aliphatic carbocycles. The van der Waals surface area contributed by atoms with Gasteiger partial charge in [0.15, 0.2) is 0 Å². The van der Waals surface area contributed by atoms with Gasteiger partial charge in [-0.2, -0.15) is 11.8 Å². The zero-order valence-corrected chi connectivity index (χ0v) is 12.3. The molecule has 0 radical (unpaired) electrons. The van der Waals surface area contributed by atoms with E-state index in [0.717, 1.165) is 32.5 Å². The minimum atomic E-state index is 0.0147. The third-order valence-electron chi connectivity index (χ3n) is 3.63. The molecule has 2 rings (SSSR count). The van der Waals surface area contributed by atoms with Gasteiger partial charge >= 0.3 is 0 Å². The Hall–Kier alpha value is -0.650. The summed E-state index contributed by atoms with van der Waals surface area (Å²) in [5.41, 5.74) is 7.16. The Bertz CT molecular complexity index is 400. The number of piperidine rings is 1.